The van der Waals surface area contributed by atoms with Gasteiger partial charge in [0.25, 0.3) is 0 Å². The van der Waals surface area contributed by atoms with E-state index in [-0.39, 0.29) is 17.8 Å². The van der Waals surface area contributed by atoms with Crippen molar-refractivity contribution in [3.63, 3.8) is 0 Å². The van der Waals surface area contributed by atoms with Crippen LogP contribution in [0.1, 0.15) is 41.4 Å². The topological polar surface area (TPSA) is 34.2 Å². The second-order valence-electron chi connectivity index (χ2n) is 4.98. The summed E-state index contributed by atoms with van der Waals surface area (Å²) in [5.74, 6) is -0.771. The maximum Gasteiger partial charge on any atom is 0.387 e. The molecule has 0 saturated carbocycles. The monoisotopic (exact) mass is 330 g/mol. The fourth-order valence-corrected chi connectivity index (χ4v) is 2.96. The van der Waals surface area contributed by atoms with E-state index in [0.29, 0.717) is 5.56 Å². The fourth-order valence-electron chi connectivity index (χ4n) is 2.17. The standard InChI is InChI=1S/C15H17F3N2OS/c1-8-7-19-14(22-8)10(3)20-9(2)12-5-4-11(16)6-13(12)21-15(17)18/h4-7,9-10,15,20H,1-3H3. The van der Waals surface area contributed by atoms with Crippen molar-refractivity contribution in [2.75, 3.05) is 0 Å². The molecule has 2 unspecified atom stereocenters. The van der Waals surface area contributed by atoms with E-state index in [1.807, 2.05) is 20.8 Å². The molecule has 0 aliphatic heterocycles. The number of ether oxygens (including phenoxy) is 1. The zero-order valence-corrected chi connectivity index (χ0v) is 13.3. The van der Waals surface area contributed by atoms with Gasteiger partial charge in [-0.3, -0.25) is 0 Å². The number of alkyl halides is 2. The fraction of sp³-hybridized carbons (Fsp3) is 0.400. The first-order chi connectivity index (χ1) is 10.4. The summed E-state index contributed by atoms with van der Waals surface area (Å²) in [4.78, 5) is 5.39. The minimum Gasteiger partial charge on any atom is -0.434 e. The molecule has 1 N–H and O–H groups in total. The Hall–Kier alpha value is -1.60. The summed E-state index contributed by atoms with van der Waals surface area (Å²) < 4.78 is 42.6. The number of hydrogen-bond donors (Lipinski definition) is 1. The van der Waals surface area contributed by atoms with Crippen molar-refractivity contribution in [3.8, 4) is 5.75 Å². The highest BCUT2D eigenvalue weighted by molar-refractivity contribution is 7.11. The minimum absolute atomic E-state index is 0.0573. The van der Waals surface area contributed by atoms with Gasteiger partial charge in [0.2, 0.25) is 0 Å². The van der Waals surface area contributed by atoms with Crippen LogP contribution in [0.4, 0.5) is 13.2 Å². The number of hydrogen-bond acceptors (Lipinski definition) is 4. The van der Waals surface area contributed by atoms with Crippen LogP contribution in [0, 0.1) is 12.7 Å². The molecule has 0 spiro atoms. The van der Waals surface area contributed by atoms with Crippen LogP contribution in [0.5, 0.6) is 5.75 Å². The van der Waals surface area contributed by atoms with Crippen LogP contribution in [0.3, 0.4) is 0 Å². The lowest BCUT2D eigenvalue weighted by atomic mass is 10.1. The molecule has 0 bridgehead atoms. The van der Waals surface area contributed by atoms with Gasteiger partial charge in [-0.15, -0.1) is 11.3 Å². The molecule has 0 saturated heterocycles. The van der Waals surface area contributed by atoms with Gasteiger partial charge in [0, 0.05) is 28.7 Å². The van der Waals surface area contributed by atoms with Gasteiger partial charge < -0.3 is 10.1 Å². The third-order valence-corrected chi connectivity index (χ3v) is 4.26. The normalized spacial score (nSPS) is 14.1. The van der Waals surface area contributed by atoms with Crippen LogP contribution in [0.15, 0.2) is 24.4 Å². The Bertz CT molecular complexity index is 633. The molecule has 2 aromatic rings. The van der Waals surface area contributed by atoms with Gasteiger partial charge in [0.05, 0.1) is 6.04 Å². The van der Waals surface area contributed by atoms with E-state index in [1.165, 1.54) is 12.1 Å². The zero-order valence-electron chi connectivity index (χ0n) is 12.4. The summed E-state index contributed by atoms with van der Waals surface area (Å²) in [6.07, 6.45) is 1.78. The first-order valence-corrected chi connectivity index (χ1v) is 7.61. The number of nitrogens with zero attached hydrogens (tertiary/aromatic N) is 1. The molecule has 0 radical (unpaired) electrons. The van der Waals surface area contributed by atoms with E-state index < -0.39 is 12.4 Å². The molecule has 0 aliphatic carbocycles. The second-order valence-corrected chi connectivity index (χ2v) is 6.25. The van der Waals surface area contributed by atoms with Crippen LogP contribution in [0.2, 0.25) is 0 Å². The van der Waals surface area contributed by atoms with Crippen LogP contribution in [0.25, 0.3) is 0 Å². The van der Waals surface area contributed by atoms with Gasteiger partial charge in [-0.2, -0.15) is 8.78 Å². The number of thiazole rings is 1. The molecular formula is C15H17F3N2OS. The van der Waals surface area contributed by atoms with E-state index in [0.717, 1.165) is 16.0 Å². The zero-order chi connectivity index (χ0) is 16.3. The lowest BCUT2D eigenvalue weighted by Crippen LogP contribution is -2.23. The molecule has 3 nitrogen and oxygen atoms in total. The summed E-state index contributed by atoms with van der Waals surface area (Å²) >= 11 is 1.57. The van der Waals surface area contributed by atoms with Crippen LogP contribution < -0.4 is 10.1 Å². The highest BCUT2D eigenvalue weighted by Gasteiger charge is 2.19. The van der Waals surface area contributed by atoms with E-state index in [1.54, 1.807) is 17.5 Å². The van der Waals surface area contributed by atoms with Crippen LogP contribution in [-0.4, -0.2) is 11.6 Å². The van der Waals surface area contributed by atoms with E-state index in [9.17, 15) is 13.2 Å². The predicted molar refractivity (Wildman–Crippen MR) is 79.8 cm³/mol. The maximum absolute atomic E-state index is 13.2. The molecule has 1 aromatic heterocycles. The number of rotatable bonds is 6. The Labute approximate surface area is 131 Å². The van der Waals surface area contributed by atoms with Crippen molar-refractivity contribution in [1.82, 2.24) is 10.3 Å². The summed E-state index contributed by atoms with van der Waals surface area (Å²) in [6, 6.07) is 3.29. The predicted octanol–water partition coefficient (Wildman–Crippen LogP) is 4.60. The summed E-state index contributed by atoms with van der Waals surface area (Å²) in [5, 5.41) is 4.16. The average Bonchev–Trinajstić information content (AvgIpc) is 2.84. The molecule has 0 fully saturated rings. The van der Waals surface area contributed by atoms with E-state index >= 15 is 0 Å². The van der Waals surface area contributed by atoms with Gasteiger partial charge in [0.15, 0.2) is 0 Å². The van der Waals surface area contributed by atoms with Crippen molar-refractivity contribution in [2.45, 2.75) is 39.5 Å². The Morgan fingerprint density at radius 3 is 2.55 bits per heavy atom. The van der Waals surface area contributed by atoms with Gasteiger partial charge in [0.1, 0.15) is 16.6 Å². The smallest absolute Gasteiger partial charge is 0.387 e. The molecule has 0 amide bonds. The molecule has 2 atom stereocenters. The van der Waals surface area contributed by atoms with Crippen molar-refractivity contribution >= 4 is 11.3 Å². The number of halogens is 3. The van der Waals surface area contributed by atoms with Gasteiger partial charge in [-0.25, -0.2) is 9.37 Å². The quantitative estimate of drug-likeness (QED) is 0.840. The van der Waals surface area contributed by atoms with E-state index in [2.05, 4.69) is 15.0 Å². The summed E-state index contributed by atoms with van der Waals surface area (Å²) in [5.41, 5.74) is 0.474. The van der Waals surface area contributed by atoms with Crippen molar-refractivity contribution in [2.24, 2.45) is 0 Å². The summed E-state index contributed by atoms with van der Waals surface area (Å²) in [6.45, 7) is 2.71. The van der Waals surface area contributed by atoms with E-state index in [4.69, 9.17) is 0 Å². The van der Waals surface area contributed by atoms with Crippen molar-refractivity contribution in [3.05, 3.63) is 45.7 Å². The first kappa shape index (κ1) is 16.8. The third kappa shape index (κ3) is 4.20. The molecule has 7 heteroatoms. The number of benzene rings is 1. The molecule has 1 heterocycles. The van der Waals surface area contributed by atoms with Gasteiger partial charge in [-0.05, 0) is 26.8 Å². The van der Waals surface area contributed by atoms with Crippen LogP contribution >= 0.6 is 11.3 Å². The maximum atomic E-state index is 13.2. The lowest BCUT2D eigenvalue weighted by Gasteiger charge is -2.21. The molecule has 22 heavy (non-hydrogen) atoms. The second kappa shape index (κ2) is 7.11. The number of aromatic nitrogens is 1. The highest BCUT2D eigenvalue weighted by atomic mass is 32.1. The molecule has 2 rings (SSSR count). The van der Waals surface area contributed by atoms with Crippen molar-refractivity contribution < 1.29 is 17.9 Å². The Morgan fingerprint density at radius 1 is 1.23 bits per heavy atom. The first-order valence-electron chi connectivity index (χ1n) is 6.79. The largest absolute Gasteiger partial charge is 0.434 e. The highest BCUT2D eigenvalue weighted by Crippen LogP contribution is 2.30. The van der Waals surface area contributed by atoms with Crippen molar-refractivity contribution in [1.29, 1.82) is 0 Å². The Balaban J connectivity index is 2.16. The minimum atomic E-state index is -2.99. The number of nitrogens with one attached hydrogen (secondary N) is 1. The van der Waals surface area contributed by atoms with Gasteiger partial charge in [-0.1, -0.05) is 6.07 Å². The SMILES string of the molecule is Cc1cnc(C(C)NC(C)c2ccc(F)cc2OC(F)F)s1. The number of aryl methyl sites for hydroxylation is 1. The molecule has 120 valence electrons. The van der Waals surface area contributed by atoms with Gasteiger partial charge >= 0.3 is 6.61 Å². The van der Waals surface area contributed by atoms with Crippen LogP contribution in [-0.2, 0) is 0 Å². The average molecular weight is 330 g/mol. The molecule has 1 aromatic carbocycles. The summed E-state index contributed by atoms with van der Waals surface area (Å²) in [7, 11) is 0. The third-order valence-electron chi connectivity index (χ3n) is 3.17. The molecule has 0 aliphatic rings. The lowest BCUT2D eigenvalue weighted by molar-refractivity contribution is -0.0508. The molecular weight excluding hydrogens is 313 g/mol. The Morgan fingerprint density at radius 2 is 1.95 bits per heavy atom. The Kier molecular flexibility index (Phi) is 5.42.